The molecule has 0 amide bonds. The van der Waals surface area contributed by atoms with Gasteiger partial charge in [0.15, 0.2) is 0 Å². The standard InChI is InChI=1S/C18H11IO/c19-13-6-3-5-12(11-13)14-8-4-9-16-15-7-1-2-10-17(15)20-18(14)16/h1-11H. The monoisotopic (exact) mass is 370 g/mol. The van der Waals surface area contributed by atoms with Crippen LogP contribution in [0.1, 0.15) is 0 Å². The van der Waals surface area contributed by atoms with Crippen LogP contribution in [0.4, 0.5) is 0 Å². The maximum absolute atomic E-state index is 6.08. The molecule has 0 aliphatic heterocycles. The molecule has 1 heterocycles. The van der Waals surface area contributed by atoms with Crippen LogP contribution in [0.2, 0.25) is 0 Å². The molecule has 4 rings (SSSR count). The van der Waals surface area contributed by atoms with Gasteiger partial charge in [-0.2, -0.15) is 0 Å². The minimum Gasteiger partial charge on any atom is -0.455 e. The van der Waals surface area contributed by atoms with Gasteiger partial charge in [0.05, 0.1) is 0 Å². The molecule has 0 fully saturated rings. The average Bonchev–Trinajstić information content (AvgIpc) is 2.86. The second-order valence-corrected chi connectivity index (χ2v) is 6.04. The Hall–Kier alpha value is -1.81. The molecule has 0 unspecified atom stereocenters. The molecule has 1 aromatic heterocycles. The van der Waals surface area contributed by atoms with Gasteiger partial charge in [-0.25, -0.2) is 0 Å². The number of fused-ring (bicyclic) bond motifs is 3. The summed E-state index contributed by atoms with van der Waals surface area (Å²) >= 11 is 2.34. The Morgan fingerprint density at radius 2 is 1.55 bits per heavy atom. The highest BCUT2D eigenvalue weighted by atomic mass is 127. The number of para-hydroxylation sites is 2. The van der Waals surface area contributed by atoms with Gasteiger partial charge in [0, 0.05) is 19.9 Å². The Morgan fingerprint density at radius 1 is 0.750 bits per heavy atom. The van der Waals surface area contributed by atoms with E-state index in [0.717, 1.165) is 16.7 Å². The summed E-state index contributed by atoms with van der Waals surface area (Å²) in [6.45, 7) is 0. The van der Waals surface area contributed by atoms with E-state index in [2.05, 4.69) is 77.2 Å². The fraction of sp³-hybridized carbons (Fsp3) is 0. The molecule has 0 aliphatic rings. The summed E-state index contributed by atoms with van der Waals surface area (Å²) in [5.74, 6) is 0. The number of hydrogen-bond acceptors (Lipinski definition) is 1. The summed E-state index contributed by atoms with van der Waals surface area (Å²) in [5.41, 5.74) is 4.26. The minimum atomic E-state index is 0.945. The van der Waals surface area contributed by atoms with Crippen LogP contribution >= 0.6 is 22.6 Å². The maximum Gasteiger partial charge on any atom is 0.143 e. The van der Waals surface area contributed by atoms with Crippen molar-refractivity contribution in [1.82, 2.24) is 0 Å². The summed E-state index contributed by atoms with van der Waals surface area (Å²) < 4.78 is 7.31. The van der Waals surface area contributed by atoms with Gasteiger partial charge in [0.2, 0.25) is 0 Å². The SMILES string of the molecule is Ic1cccc(-c2cccc3c2oc2ccccc23)c1. The Kier molecular flexibility index (Phi) is 2.77. The highest BCUT2D eigenvalue weighted by Crippen LogP contribution is 2.35. The van der Waals surface area contributed by atoms with Gasteiger partial charge in [0.1, 0.15) is 11.2 Å². The first kappa shape index (κ1) is 12.0. The lowest BCUT2D eigenvalue weighted by Crippen LogP contribution is -1.79. The van der Waals surface area contributed by atoms with Gasteiger partial charge >= 0.3 is 0 Å². The summed E-state index contributed by atoms with van der Waals surface area (Å²) in [7, 11) is 0. The fourth-order valence-corrected chi connectivity index (χ4v) is 3.17. The van der Waals surface area contributed by atoms with Gasteiger partial charge in [0.25, 0.3) is 0 Å². The number of furan rings is 1. The Bertz CT molecular complexity index is 921. The third-order valence-electron chi connectivity index (χ3n) is 3.54. The topological polar surface area (TPSA) is 13.1 Å². The summed E-state index contributed by atoms with van der Waals surface area (Å²) in [4.78, 5) is 0. The van der Waals surface area contributed by atoms with E-state index >= 15 is 0 Å². The first-order chi connectivity index (χ1) is 9.83. The van der Waals surface area contributed by atoms with E-state index in [0.29, 0.717) is 0 Å². The Morgan fingerprint density at radius 3 is 2.45 bits per heavy atom. The van der Waals surface area contributed by atoms with Crippen LogP contribution in [0.15, 0.2) is 71.1 Å². The molecular formula is C18H11IO. The Labute approximate surface area is 130 Å². The molecule has 0 aliphatic carbocycles. The van der Waals surface area contributed by atoms with Gasteiger partial charge in [-0.05, 0) is 46.4 Å². The van der Waals surface area contributed by atoms with Gasteiger partial charge in [-0.1, -0.05) is 48.5 Å². The van der Waals surface area contributed by atoms with E-state index in [-0.39, 0.29) is 0 Å². The summed E-state index contributed by atoms with van der Waals surface area (Å²) in [6.07, 6.45) is 0. The number of rotatable bonds is 1. The van der Waals surface area contributed by atoms with Gasteiger partial charge < -0.3 is 4.42 Å². The molecule has 3 aromatic carbocycles. The predicted molar refractivity (Wildman–Crippen MR) is 91.9 cm³/mol. The van der Waals surface area contributed by atoms with Crippen molar-refractivity contribution in [3.8, 4) is 11.1 Å². The highest BCUT2D eigenvalue weighted by molar-refractivity contribution is 14.1. The Balaban J connectivity index is 2.10. The molecule has 0 atom stereocenters. The van der Waals surface area contributed by atoms with Gasteiger partial charge in [-0.3, -0.25) is 0 Å². The first-order valence-corrected chi connectivity index (χ1v) is 7.57. The second kappa shape index (κ2) is 4.63. The van der Waals surface area contributed by atoms with Gasteiger partial charge in [-0.15, -0.1) is 0 Å². The molecule has 0 saturated carbocycles. The van der Waals surface area contributed by atoms with E-state index in [1.807, 2.05) is 12.1 Å². The van der Waals surface area contributed by atoms with E-state index in [1.54, 1.807) is 0 Å². The molecule has 96 valence electrons. The molecular weight excluding hydrogens is 359 g/mol. The zero-order valence-electron chi connectivity index (χ0n) is 10.6. The third-order valence-corrected chi connectivity index (χ3v) is 4.21. The van der Waals surface area contributed by atoms with Crippen LogP contribution in [0, 0.1) is 3.57 Å². The van der Waals surface area contributed by atoms with Crippen molar-refractivity contribution in [3.63, 3.8) is 0 Å². The maximum atomic E-state index is 6.08. The smallest absolute Gasteiger partial charge is 0.143 e. The molecule has 2 heteroatoms. The molecule has 0 radical (unpaired) electrons. The van der Waals surface area contributed by atoms with Crippen molar-refractivity contribution in [2.45, 2.75) is 0 Å². The van der Waals surface area contributed by atoms with Crippen LogP contribution in [-0.4, -0.2) is 0 Å². The average molecular weight is 370 g/mol. The van der Waals surface area contributed by atoms with Crippen molar-refractivity contribution in [2.24, 2.45) is 0 Å². The number of hydrogen-bond donors (Lipinski definition) is 0. The third kappa shape index (κ3) is 1.83. The summed E-state index contributed by atoms with van der Waals surface area (Å²) in [5, 5.41) is 2.35. The first-order valence-electron chi connectivity index (χ1n) is 6.49. The highest BCUT2D eigenvalue weighted by Gasteiger charge is 2.11. The lowest BCUT2D eigenvalue weighted by molar-refractivity contribution is 0.670. The van der Waals surface area contributed by atoms with Crippen molar-refractivity contribution in [1.29, 1.82) is 0 Å². The quantitative estimate of drug-likeness (QED) is 0.383. The minimum absolute atomic E-state index is 0.945. The molecule has 0 saturated heterocycles. The van der Waals surface area contributed by atoms with Crippen LogP contribution in [-0.2, 0) is 0 Å². The van der Waals surface area contributed by atoms with Crippen LogP contribution < -0.4 is 0 Å². The van der Waals surface area contributed by atoms with E-state index in [4.69, 9.17) is 4.42 Å². The zero-order valence-corrected chi connectivity index (χ0v) is 12.8. The molecule has 4 aromatic rings. The molecule has 20 heavy (non-hydrogen) atoms. The van der Waals surface area contributed by atoms with Crippen molar-refractivity contribution in [3.05, 3.63) is 70.3 Å². The summed E-state index contributed by atoms with van der Waals surface area (Å²) in [6, 6.07) is 23.0. The van der Waals surface area contributed by atoms with E-state index in [1.165, 1.54) is 19.9 Å². The molecule has 0 bridgehead atoms. The lowest BCUT2D eigenvalue weighted by atomic mass is 10.0. The largest absolute Gasteiger partial charge is 0.455 e. The zero-order chi connectivity index (χ0) is 13.5. The lowest BCUT2D eigenvalue weighted by Gasteiger charge is -2.03. The van der Waals surface area contributed by atoms with Crippen LogP contribution in [0.5, 0.6) is 0 Å². The second-order valence-electron chi connectivity index (χ2n) is 4.79. The van der Waals surface area contributed by atoms with Crippen LogP contribution in [0.25, 0.3) is 33.1 Å². The van der Waals surface area contributed by atoms with Crippen molar-refractivity contribution >= 4 is 44.5 Å². The molecule has 0 spiro atoms. The normalized spacial score (nSPS) is 11.2. The molecule has 1 nitrogen and oxygen atoms in total. The predicted octanol–water partition coefficient (Wildman–Crippen LogP) is 5.86. The number of benzene rings is 3. The van der Waals surface area contributed by atoms with Crippen molar-refractivity contribution < 1.29 is 4.42 Å². The van der Waals surface area contributed by atoms with E-state index < -0.39 is 0 Å². The molecule has 0 N–H and O–H groups in total. The van der Waals surface area contributed by atoms with E-state index in [9.17, 15) is 0 Å². The van der Waals surface area contributed by atoms with Crippen LogP contribution in [0.3, 0.4) is 0 Å². The van der Waals surface area contributed by atoms with Crippen molar-refractivity contribution in [2.75, 3.05) is 0 Å². The fourth-order valence-electron chi connectivity index (χ4n) is 2.63. The number of halogens is 1.